The van der Waals surface area contributed by atoms with Crippen LogP contribution in [0.15, 0.2) is 59.8 Å². The van der Waals surface area contributed by atoms with Crippen LogP contribution in [0.5, 0.6) is 0 Å². The van der Waals surface area contributed by atoms with Crippen molar-refractivity contribution >= 4 is 33.2 Å². The number of rotatable bonds is 6. The van der Waals surface area contributed by atoms with Crippen LogP contribution in [0.3, 0.4) is 0 Å². The Morgan fingerprint density at radius 3 is 2.45 bits per heavy atom. The first-order valence-electron chi connectivity index (χ1n) is 8.78. The summed E-state index contributed by atoms with van der Waals surface area (Å²) >= 11 is 6.13. The van der Waals surface area contributed by atoms with Gasteiger partial charge in [0.1, 0.15) is 5.82 Å². The van der Waals surface area contributed by atoms with Gasteiger partial charge in [-0.25, -0.2) is 17.7 Å². The van der Waals surface area contributed by atoms with E-state index in [1.54, 1.807) is 18.3 Å². The summed E-state index contributed by atoms with van der Waals surface area (Å²) in [5.41, 5.74) is 1.73. The number of nitrogens with zero attached hydrogens (tertiary/aromatic N) is 3. The number of hydrogen-bond donors (Lipinski definition) is 1. The van der Waals surface area contributed by atoms with Gasteiger partial charge in [-0.15, -0.1) is 0 Å². The average Bonchev–Trinajstić information content (AvgIpc) is 3.08. The van der Waals surface area contributed by atoms with Crippen LogP contribution < -0.4 is 5.32 Å². The summed E-state index contributed by atoms with van der Waals surface area (Å²) < 4.78 is 27.7. The van der Waals surface area contributed by atoms with E-state index in [4.69, 9.17) is 11.6 Å². The summed E-state index contributed by atoms with van der Waals surface area (Å²) in [7, 11) is -0.815. The van der Waals surface area contributed by atoms with E-state index < -0.39 is 15.9 Å². The predicted octanol–water partition coefficient (Wildman–Crippen LogP) is 3.40. The Balaban J connectivity index is 1.77. The molecule has 152 valence electrons. The first kappa shape index (κ1) is 21.0. The quantitative estimate of drug-likeness (QED) is 0.647. The number of amides is 1. The Labute approximate surface area is 175 Å². The zero-order valence-electron chi connectivity index (χ0n) is 16.3. The molecule has 3 aromatic rings. The molecule has 0 saturated heterocycles. The predicted molar refractivity (Wildman–Crippen MR) is 113 cm³/mol. The maximum atomic E-state index is 12.7. The molecular weight excluding hydrogens is 412 g/mol. The SMILES string of the molecule is Cc1nccn1Cc1ccc(NC(=O)c2cc(S(=O)(=O)N(C)C)ccc2Cl)cc1. The number of aromatic nitrogens is 2. The number of hydrogen-bond acceptors (Lipinski definition) is 4. The number of anilines is 1. The van der Waals surface area contributed by atoms with E-state index in [-0.39, 0.29) is 15.5 Å². The third-order valence-corrected chi connectivity index (χ3v) is 6.59. The zero-order valence-corrected chi connectivity index (χ0v) is 17.8. The molecule has 0 unspecified atom stereocenters. The number of halogens is 1. The zero-order chi connectivity index (χ0) is 21.2. The molecule has 0 aliphatic heterocycles. The highest BCUT2D eigenvalue weighted by Crippen LogP contribution is 2.23. The highest BCUT2D eigenvalue weighted by molar-refractivity contribution is 7.89. The largest absolute Gasteiger partial charge is 0.331 e. The van der Waals surface area contributed by atoms with Crippen molar-refractivity contribution in [2.75, 3.05) is 19.4 Å². The summed E-state index contributed by atoms with van der Waals surface area (Å²) in [6.07, 6.45) is 3.65. The topological polar surface area (TPSA) is 84.3 Å². The van der Waals surface area contributed by atoms with Crippen molar-refractivity contribution in [1.82, 2.24) is 13.9 Å². The molecule has 7 nitrogen and oxygen atoms in total. The molecular formula is C20H21ClN4O3S. The van der Waals surface area contributed by atoms with Gasteiger partial charge in [-0.1, -0.05) is 23.7 Å². The van der Waals surface area contributed by atoms with Crippen molar-refractivity contribution in [2.45, 2.75) is 18.4 Å². The van der Waals surface area contributed by atoms with Gasteiger partial charge in [0.05, 0.1) is 15.5 Å². The van der Waals surface area contributed by atoms with Crippen LogP contribution in [-0.4, -0.2) is 42.3 Å². The molecule has 1 heterocycles. The Kier molecular flexibility index (Phi) is 6.07. The van der Waals surface area contributed by atoms with Gasteiger partial charge < -0.3 is 9.88 Å². The third-order valence-electron chi connectivity index (χ3n) is 4.45. The molecule has 1 amide bonds. The van der Waals surface area contributed by atoms with Gasteiger partial charge in [-0.05, 0) is 42.8 Å². The Morgan fingerprint density at radius 2 is 1.86 bits per heavy atom. The van der Waals surface area contributed by atoms with E-state index >= 15 is 0 Å². The molecule has 29 heavy (non-hydrogen) atoms. The molecule has 0 fully saturated rings. The van der Waals surface area contributed by atoms with Crippen molar-refractivity contribution in [3.63, 3.8) is 0 Å². The van der Waals surface area contributed by atoms with E-state index in [0.717, 1.165) is 15.7 Å². The summed E-state index contributed by atoms with van der Waals surface area (Å²) in [5, 5.41) is 2.93. The van der Waals surface area contributed by atoms with Gasteiger partial charge >= 0.3 is 0 Å². The first-order chi connectivity index (χ1) is 13.7. The standard InChI is InChI=1S/C20H21ClN4O3S/c1-14-22-10-11-25(14)13-15-4-6-16(7-5-15)23-20(26)18-12-17(8-9-19(18)21)29(27,28)24(2)3/h4-12H,13H2,1-3H3,(H,23,26). The van der Waals surface area contributed by atoms with Crippen molar-refractivity contribution in [2.24, 2.45) is 0 Å². The van der Waals surface area contributed by atoms with Gasteiger partial charge in [0.25, 0.3) is 5.91 Å². The molecule has 0 bridgehead atoms. The van der Waals surface area contributed by atoms with Gasteiger partial charge in [0.2, 0.25) is 10.0 Å². The van der Waals surface area contributed by atoms with E-state index in [9.17, 15) is 13.2 Å². The lowest BCUT2D eigenvalue weighted by Crippen LogP contribution is -2.23. The second-order valence-electron chi connectivity index (χ2n) is 6.68. The number of carbonyl (C=O) groups is 1. The van der Waals surface area contributed by atoms with Crippen LogP contribution in [0.1, 0.15) is 21.7 Å². The molecule has 0 atom stereocenters. The van der Waals surface area contributed by atoms with Crippen LogP contribution >= 0.6 is 11.6 Å². The summed E-state index contributed by atoms with van der Waals surface area (Å²) in [6, 6.07) is 11.4. The molecule has 0 spiro atoms. The maximum absolute atomic E-state index is 12.7. The minimum Gasteiger partial charge on any atom is -0.331 e. The fourth-order valence-corrected chi connectivity index (χ4v) is 3.84. The van der Waals surface area contributed by atoms with E-state index in [0.29, 0.717) is 12.2 Å². The fourth-order valence-electron chi connectivity index (χ4n) is 2.71. The normalized spacial score (nSPS) is 11.6. The van der Waals surface area contributed by atoms with Crippen LogP contribution in [0, 0.1) is 6.92 Å². The summed E-state index contributed by atoms with van der Waals surface area (Å²) in [4.78, 5) is 16.9. The highest BCUT2D eigenvalue weighted by atomic mass is 35.5. The highest BCUT2D eigenvalue weighted by Gasteiger charge is 2.20. The average molecular weight is 433 g/mol. The molecule has 1 N–H and O–H groups in total. The van der Waals surface area contributed by atoms with Crippen molar-refractivity contribution in [3.05, 3.63) is 76.8 Å². The number of imidazole rings is 1. The van der Waals surface area contributed by atoms with E-state index in [1.807, 2.05) is 29.8 Å². The molecule has 1 aromatic heterocycles. The van der Waals surface area contributed by atoms with E-state index in [1.165, 1.54) is 32.3 Å². The first-order valence-corrected chi connectivity index (χ1v) is 10.6. The molecule has 0 aliphatic carbocycles. The smallest absolute Gasteiger partial charge is 0.257 e. The maximum Gasteiger partial charge on any atom is 0.257 e. The third kappa shape index (κ3) is 4.67. The number of benzene rings is 2. The lowest BCUT2D eigenvalue weighted by molar-refractivity contribution is 0.102. The van der Waals surface area contributed by atoms with Gasteiger partial charge in [-0.3, -0.25) is 4.79 Å². The van der Waals surface area contributed by atoms with Gasteiger partial charge in [0, 0.05) is 38.7 Å². The minimum atomic E-state index is -3.67. The van der Waals surface area contributed by atoms with Crippen molar-refractivity contribution in [1.29, 1.82) is 0 Å². The molecule has 3 rings (SSSR count). The van der Waals surface area contributed by atoms with Crippen LogP contribution in [0.25, 0.3) is 0 Å². The Morgan fingerprint density at radius 1 is 1.17 bits per heavy atom. The Hall–Kier alpha value is -2.68. The Bertz CT molecular complexity index is 1140. The monoisotopic (exact) mass is 432 g/mol. The molecule has 9 heteroatoms. The number of sulfonamides is 1. The number of aryl methyl sites for hydroxylation is 1. The summed E-state index contributed by atoms with van der Waals surface area (Å²) in [5.74, 6) is 0.439. The second-order valence-corrected chi connectivity index (χ2v) is 9.24. The van der Waals surface area contributed by atoms with Crippen LogP contribution in [0.4, 0.5) is 5.69 Å². The molecule has 0 radical (unpaired) electrons. The second kappa shape index (κ2) is 8.36. The minimum absolute atomic E-state index is 0.00287. The molecule has 0 saturated carbocycles. The lowest BCUT2D eigenvalue weighted by atomic mass is 10.1. The molecule has 2 aromatic carbocycles. The van der Waals surface area contributed by atoms with Crippen molar-refractivity contribution < 1.29 is 13.2 Å². The number of carbonyl (C=O) groups excluding carboxylic acids is 1. The van der Waals surface area contributed by atoms with Gasteiger partial charge in [-0.2, -0.15) is 0 Å². The van der Waals surface area contributed by atoms with Crippen LogP contribution in [0.2, 0.25) is 5.02 Å². The summed E-state index contributed by atoms with van der Waals surface area (Å²) in [6.45, 7) is 2.61. The van der Waals surface area contributed by atoms with E-state index in [2.05, 4.69) is 10.3 Å². The lowest BCUT2D eigenvalue weighted by Gasteiger charge is -2.13. The fraction of sp³-hybridized carbons (Fsp3) is 0.200. The number of nitrogens with one attached hydrogen (secondary N) is 1. The van der Waals surface area contributed by atoms with Crippen molar-refractivity contribution in [3.8, 4) is 0 Å². The molecule has 0 aliphatic rings. The van der Waals surface area contributed by atoms with Crippen LogP contribution in [-0.2, 0) is 16.6 Å². The van der Waals surface area contributed by atoms with Gasteiger partial charge in [0.15, 0.2) is 0 Å².